The highest BCUT2D eigenvalue weighted by atomic mass is 16.2. The molecule has 2 heterocycles. The van der Waals surface area contributed by atoms with Gasteiger partial charge in [0.25, 0.3) is 5.91 Å². The molecule has 0 saturated carbocycles. The zero-order valence-corrected chi connectivity index (χ0v) is 12.3. The molecular weight excluding hydrogens is 266 g/mol. The third-order valence-electron chi connectivity index (χ3n) is 4.21. The van der Waals surface area contributed by atoms with Gasteiger partial charge in [0.1, 0.15) is 5.71 Å². The number of rotatable bonds is 2. The van der Waals surface area contributed by atoms with Crippen LogP contribution < -0.4 is 10.3 Å². The summed E-state index contributed by atoms with van der Waals surface area (Å²) in [7, 11) is 0. The van der Waals surface area contributed by atoms with Crippen LogP contribution >= 0.6 is 0 Å². The SMILES string of the molecule is CC(C)C1CN(C(=O)C2=NNC(=O)CC2)c2ccccc21. The van der Waals surface area contributed by atoms with Crippen LogP contribution in [0.15, 0.2) is 29.4 Å². The molecule has 1 aromatic carbocycles. The fourth-order valence-electron chi connectivity index (χ4n) is 2.99. The molecule has 0 spiro atoms. The quantitative estimate of drug-likeness (QED) is 0.904. The maximum absolute atomic E-state index is 12.7. The summed E-state index contributed by atoms with van der Waals surface area (Å²) in [6.45, 7) is 5.03. The summed E-state index contributed by atoms with van der Waals surface area (Å²) >= 11 is 0. The maximum atomic E-state index is 12.7. The largest absolute Gasteiger partial charge is 0.306 e. The molecule has 0 radical (unpaired) electrons. The second-order valence-electron chi connectivity index (χ2n) is 5.92. The monoisotopic (exact) mass is 285 g/mol. The molecule has 0 fully saturated rings. The number of benzene rings is 1. The smallest absolute Gasteiger partial charge is 0.274 e. The first-order valence-corrected chi connectivity index (χ1v) is 7.34. The van der Waals surface area contributed by atoms with E-state index in [0.29, 0.717) is 36.9 Å². The predicted octanol–water partition coefficient (Wildman–Crippen LogP) is 2.04. The molecule has 5 heteroatoms. The fourth-order valence-corrected chi connectivity index (χ4v) is 2.99. The van der Waals surface area contributed by atoms with Crippen molar-refractivity contribution in [2.45, 2.75) is 32.6 Å². The van der Waals surface area contributed by atoms with Crippen molar-refractivity contribution in [2.75, 3.05) is 11.4 Å². The summed E-state index contributed by atoms with van der Waals surface area (Å²) in [5.41, 5.74) is 5.03. The Morgan fingerprint density at radius 2 is 2.10 bits per heavy atom. The molecule has 0 aromatic heterocycles. The van der Waals surface area contributed by atoms with Gasteiger partial charge in [-0.05, 0) is 17.5 Å². The first kappa shape index (κ1) is 13.8. The van der Waals surface area contributed by atoms with E-state index in [1.54, 1.807) is 4.90 Å². The lowest BCUT2D eigenvalue weighted by Gasteiger charge is -2.21. The highest BCUT2D eigenvalue weighted by molar-refractivity contribution is 6.44. The van der Waals surface area contributed by atoms with Gasteiger partial charge < -0.3 is 4.90 Å². The van der Waals surface area contributed by atoms with Gasteiger partial charge in [0.2, 0.25) is 5.91 Å². The van der Waals surface area contributed by atoms with E-state index in [2.05, 4.69) is 30.4 Å². The van der Waals surface area contributed by atoms with E-state index in [0.717, 1.165) is 5.69 Å². The Bertz CT molecular complexity index is 622. The highest BCUT2D eigenvalue weighted by Gasteiger charge is 2.35. The van der Waals surface area contributed by atoms with E-state index in [4.69, 9.17) is 0 Å². The van der Waals surface area contributed by atoms with Crippen LogP contribution in [0.1, 0.15) is 38.2 Å². The maximum Gasteiger partial charge on any atom is 0.274 e. The molecule has 21 heavy (non-hydrogen) atoms. The number of hydrogen-bond donors (Lipinski definition) is 1. The number of para-hydroxylation sites is 1. The van der Waals surface area contributed by atoms with Crippen LogP contribution in [0.25, 0.3) is 0 Å². The van der Waals surface area contributed by atoms with Crippen LogP contribution in [0, 0.1) is 5.92 Å². The summed E-state index contributed by atoms with van der Waals surface area (Å²) in [5.74, 6) is 0.597. The van der Waals surface area contributed by atoms with Crippen molar-refractivity contribution in [3.63, 3.8) is 0 Å². The number of carbonyl (C=O) groups is 2. The van der Waals surface area contributed by atoms with Crippen LogP contribution in [0.3, 0.4) is 0 Å². The average Bonchev–Trinajstić information content (AvgIpc) is 2.87. The molecule has 1 atom stereocenters. The zero-order valence-electron chi connectivity index (χ0n) is 12.3. The minimum Gasteiger partial charge on any atom is -0.306 e. The Hall–Kier alpha value is -2.17. The molecule has 1 unspecified atom stereocenters. The van der Waals surface area contributed by atoms with Gasteiger partial charge in [-0.1, -0.05) is 32.0 Å². The lowest BCUT2D eigenvalue weighted by atomic mass is 9.90. The third-order valence-corrected chi connectivity index (χ3v) is 4.21. The fraction of sp³-hybridized carbons (Fsp3) is 0.438. The van der Waals surface area contributed by atoms with Gasteiger partial charge in [-0.2, -0.15) is 5.10 Å². The number of fused-ring (bicyclic) bond motifs is 1. The second-order valence-corrected chi connectivity index (χ2v) is 5.92. The minimum absolute atomic E-state index is 0.0920. The Kier molecular flexibility index (Phi) is 3.49. The van der Waals surface area contributed by atoms with Gasteiger partial charge in [0, 0.05) is 31.0 Å². The van der Waals surface area contributed by atoms with Gasteiger partial charge in [-0.3, -0.25) is 9.59 Å². The number of hydrogen-bond acceptors (Lipinski definition) is 3. The molecule has 0 saturated heterocycles. The molecule has 0 bridgehead atoms. The zero-order chi connectivity index (χ0) is 15.0. The molecule has 2 aliphatic rings. The van der Waals surface area contributed by atoms with E-state index < -0.39 is 0 Å². The summed E-state index contributed by atoms with van der Waals surface area (Å²) in [5, 5.41) is 3.92. The van der Waals surface area contributed by atoms with Gasteiger partial charge >= 0.3 is 0 Å². The Morgan fingerprint density at radius 1 is 1.33 bits per heavy atom. The van der Waals surface area contributed by atoms with Gasteiger partial charge in [-0.15, -0.1) is 0 Å². The van der Waals surface area contributed by atoms with Crippen molar-refractivity contribution in [1.82, 2.24) is 5.43 Å². The minimum atomic E-state index is -0.131. The Labute approximate surface area is 124 Å². The van der Waals surface area contributed by atoms with Crippen molar-refractivity contribution in [1.29, 1.82) is 0 Å². The van der Waals surface area contributed by atoms with Crippen molar-refractivity contribution < 1.29 is 9.59 Å². The highest BCUT2D eigenvalue weighted by Crippen LogP contribution is 2.40. The van der Waals surface area contributed by atoms with Crippen molar-refractivity contribution in [2.24, 2.45) is 11.0 Å². The second kappa shape index (κ2) is 5.31. The molecule has 1 N–H and O–H groups in total. The van der Waals surface area contributed by atoms with Crippen molar-refractivity contribution in [3.05, 3.63) is 29.8 Å². The first-order chi connectivity index (χ1) is 10.1. The number of anilines is 1. The van der Waals surface area contributed by atoms with E-state index in [-0.39, 0.29) is 11.8 Å². The van der Waals surface area contributed by atoms with Gasteiger partial charge in [0.15, 0.2) is 0 Å². The lowest BCUT2D eigenvalue weighted by molar-refractivity contribution is -0.121. The predicted molar refractivity (Wildman–Crippen MR) is 81.2 cm³/mol. The lowest BCUT2D eigenvalue weighted by Crippen LogP contribution is -2.40. The number of amides is 2. The third kappa shape index (κ3) is 2.44. The van der Waals surface area contributed by atoms with Crippen LogP contribution in [0.4, 0.5) is 5.69 Å². The van der Waals surface area contributed by atoms with Crippen LogP contribution in [0.5, 0.6) is 0 Å². The number of carbonyl (C=O) groups excluding carboxylic acids is 2. The Morgan fingerprint density at radius 3 is 2.76 bits per heavy atom. The summed E-state index contributed by atoms with van der Waals surface area (Å²) in [6.07, 6.45) is 0.739. The van der Waals surface area contributed by atoms with Crippen molar-refractivity contribution >= 4 is 23.2 Å². The van der Waals surface area contributed by atoms with Gasteiger partial charge in [-0.25, -0.2) is 5.43 Å². The molecule has 2 amide bonds. The normalized spacial score (nSPS) is 21.1. The number of nitrogens with zero attached hydrogens (tertiary/aromatic N) is 2. The molecule has 0 aliphatic carbocycles. The molecule has 110 valence electrons. The molecule has 5 nitrogen and oxygen atoms in total. The average molecular weight is 285 g/mol. The Balaban J connectivity index is 1.90. The summed E-state index contributed by atoms with van der Waals surface area (Å²) in [6, 6.07) is 8.04. The molecule has 1 aromatic rings. The van der Waals surface area contributed by atoms with Gasteiger partial charge in [0.05, 0.1) is 0 Å². The van der Waals surface area contributed by atoms with Crippen LogP contribution in [-0.4, -0.2) is 24.1 Å². The molecule has 3 rings (SSSR count). The number of hydrazone groups is 1. The first-order valence-electron chi connectivity index (χ1n) is 7.34. The van der Waals surface area contributed by atoms with Crippen LogP contribution in [-0.2, 0) is 9.59 Å². The molecule has 2 aliphatic heterocycles. The van der Waals surface area contributed by atoms with Crippen molar-refractivity contribution in [3.8, 4) is 0 Å². The summed E-state index contributed by atoms with van der Waals surface area (Å²) in [4.78, 5) is 25.6. The van der Waals surface area contributed by atoms with E-state index in [1.165, 1.54) is 5.56 Å². The van der Waals surface area contributed by atoms with E-state index >= 15 is 0 Å². The van der Waals surface area contributed by atoms with E-state index in [9.17, 15) is 9.59 Å². The summed E-state index contributed by atoms with van der Waals surface area (Å²) < 4.78 is 0. The van der Waals surface area contributed by atoms with Crippen LogP contribution in [0.2, 0.25) is 0 Å². The standard InChI is InChI=1S/C16H19N3O2/c1-10(2)12-9-19(14-6-4-3-5-11(12)14)16(21)13-7-8-15(20)18-17-13/h3-6,10,12H,7-9H2,1-2H3,(H,18,20). The topological polar surface area (TPSA) is 61.8 Å². The van der Waals surface area contributed by atoms with E-state index in [1.807, 2.05) is 18.2 Å². The number of nitrogens with one attached hydrogen (secondary N) is 1. The molecular formula is C16H19N3O2.